The van der Waals surface area contributed by atoms with Crippen LogP contribution in [0.15, 0.2) is 83.4 Å². The lowest BCUT2D eigenvalue weighted by atomic mass is 10.1. The van der Waals surface area contributed by atoms with E-state index in [1.165, 1.54) is 16.7 Å². The van der Waals surface area contributed by atoms with E-state index in [0.717, 1.165) is 11.1 Å². The number of benzene rings is 3. The fraction of sp³-hybridized carbons (Fsp3) is 0.115. The largest absolute Gasteiger partial charge is 0.321 e. The maximum Gasteiger partial charge on any atom is 0.269 e. The van der Waals surface area contributed by atoms with Gasteiger partial charge in [-0.15, -0.1) is 0 Å². The molecule has 0 spiro atoms. The van der Waals surface area contributed by atoms with Gasteiger partial charge in [-0.25, -0.2) is 0 Å². The zero-order valence-electron chi connectivity index (χ0n) is 18.1. The molecule has 1 fully saturated rings. The van der Waals surface area contributed by atoms with Crippen LogP contribution in [-0.2, 0) is 16.0 Å². The number of rotatable bonds is 5. The molecule has 1 unspecified atom stereocenters. The van der Waals surface area contributed by atoms with Crippen molar-refractivity contribution in [3.8, 4) is 6.07 Å². The highest BCUT2D eigenvalue weighted by Gasteiger charge is 2.40. The smallest absolute Gasteiger partial charge is 0.269 e. The molecule has 0 aromatic heterocycles. The lowest BCUT2D eigenvalue weighted by Crippen LogP contribution is -2.30. The average Bonchev–Trinajstić information content (AvgIpc) is 3.12. The lowest BCUT2D eigenvalue weighted by molar-refractivity contribution is -0.117. The molecule has 0 bridgehead atoms. The predicted molar refractivity (Wildman–Crippen MR) is 138 cm³/mol. The molecule has 1 saturated heterocycles. The zero-order chi connectivity index (χ0) is 24.2. The van der Waals surface area contributed by atoms with Crippen molar-refractivity contribution in [1.29, 1.82) is 5.26 Å². The van der Waals surface area contributed by atoms with Gasteiger partial charge in [0.15, 0.2) is 0 Å². The highest BCUT2D eigenvalue weighted by Crippen LogP contribution is 2.42. The molecule has 34 heavy (non-hydrogen) atoms. The van der Waals surface area contributed by atoms with E-state index in [2.05, 4.69) is 5.32 Å². The fourth-order valence-electron chi connectivity index (χ4n) is 3.52. The second-order valence-corrected chi connectivity index (χ2v) is 9.77. The van der Waals surface area contributed by atoms with E-state index >= 15 is 0 Å². The first-order valence-electron chi connectivity index (χ1n) is 10.4. The summed E-state index contributed by atoms with van der Waals surface area (Å²) in [5.41, 5.74) is 2.89. The van der Waals surface area contributed by atoms with Crippen LogP contribution in [0.1, 0.15) is 11.1 Å². The number of nitrogens with zero attached hydrogens (tertiary/aromatic N) is 2. The highest BCUT2D eigenvalue weighted by atomic mass is 35.5. The van der Waals surface area contributed by atoms with Crippen molar-refractivity contribution < 1.29 is 9.59 Å². The van der Waals surface area contributed by atoms with Crippen molar-refractivity contribution >= 4 is 58.2 Å². The standard InChI is InChI=1S/C26H19Cl2N3O2S/c1-16-5-9-20(10-6-16)30-24(32)22(15-29)26-31(21-11-7-18(27)8-12-21)25(33)23(34-26)14-17-3-2-4-19(28)13-17/h2-13,23H,14H2,1H3,(H,30,32)/b26-22-. The van der Waals surface area contributed by atoms with Gasteiger partial charge in [0.1, 0.15) is 16.7 Å². The van der Waals surface area contributed by atoms with Crippen LogP contribution in [0.2, 0.25) is 10.0 Å². The van der Waals surface area contributed by atoms with E-state index in [9.17, 15) is 14.9 Å². The Morgan fingerprint density at radius 1 is 1.06 bits per heavy atom. The summed E-state index contributed by atoms with van der Waals surface area (Å²) in [5, 5.41) is 13.5. The zero-order valence-corrected chi connectivity index (χ0v) is 20.4. The van der Waals surface area contributed by atoms with E-state index in [1.54, 1.807) is 48.5 Å². The molecule has 170 valence electrons. The molecule has 2 amide bonds. The molecule has 1 atom stereocenters. The molecule has 8 heteroatoms. The minimum Gasteiger partial charge on any atom is -0.321 e. The van der Waals surface area contributed by atoms with Crippen LogP contribution >= 0.6 is 35.0 Å². The van der Waals surface area contributed by atoms with Crippen LogP contribution in [0.3, 0.4) is 0 Å². The van der Waals surface area contributed by atoms with Crippen molar-refractivity contribution in [3.63, 3.8) is 0 Å². The predicted octanol–water partition coefficient (Wildman–Crippen LogP) is 6.37. The molecule has 0 radical (unpaired) electrons. The third-order valence-electron chi connectivity index (χ3n) is 5.21. The summed E-state index contributed by atoms with van der Waals surface area (Å²) in [6.45, 7) is 1.94. The Balaban J connectivity index is 1.72. The highest BCUT2D eigenvalue weighted by molar-refractivity contribution is 8.05. The maximum absolute atomic E-state index is 13.5. The van der Waals surface area contributed by atoms with Crippen molar-refractivity contribution in [2.45, 2.75) is 18.6 Å². The number of carbonyl (C=O) groups is 2. The fourth-order valence-corrected chi connectivity index (χ4v) is 5.17. The van der Waals surface area contributed by atoms with Gasteiger partial charge in [-0.05, 0) is 67.4 Å². The van der Waals surface area contributed by atoms with Crippen LogP contribution in [-0.4, -0.2) is 17.1 Å². The minimum atomic E-state index is -0.580. The molecule has 1 heterocycles. The number of hydrogen-bond acceptors (Lipinski definition) is 4. The maximum atomic E-state index is 13.5. The average molecular weight is 508 g/mol. The van der Waals surface area contributed by atoms with Crippen molar-refractivity contribution in [3.05, 3.63) is 105 Å². The number of halogens is 2. The molecule has 1 aliphatic heterocycles. The normalized spacial score (nSPS) is 16.8. The Morgan fingerprint density at radius 3 is 2.41 bits per heavy atom. The Labute approximate surface area is 212 Å². The molecular weight excluding hydrogens is 489 g/mol. The Hall–Kier alpha value is -3.24. The summed E-state index contributed by atoms with van der Waals surface area (Å²) >= 11 is 13.3. The Morgan fingerprint density at radius 2 is 1.76 bits per heavy atom. The summed E-state index contributed by atoms with van der Waals surface area (Å²) in [7, 11) is 0. The van der Waals surface area contributed by atoms with Crippen molar-refractivity contribution in [2.75, 3.05) is 10.2 Å². The van der Waals surface area contributed by atoms with E-state index in [4.69, 9.17) is 23.2 Å². The Bertz CT molecular complexity index is 1320. The third-order valence-corrected chi connectivity index (χ3v) is 6.96. The van der Waals surface area contributed by atoms with Crippen LogP contribution in [0.25, 0.3) is 0 Å². The van der Waals surface area contributed by atoms with Crippen molar-refractivity contribution in [2.24, 2.45) is 0 Å². The topological polar surface area (TPSA) is 73.2 Å². The number of carbonyl (C=O) groups excluding carboxylic acids is 2. The third kappa shape index (κ3) is 5.28. The summed E-state index contributed by atoms with van der Waals surface area (Å²) in [4.78, 5) is 28.0. The number of thioether (sulfide) groups is 1. The number of amides is 2. The lowest BCUT2D eigenvalue weighted by Gasteiger charge is -2.19. The van der Waals surface area contributed by atoms with Crippen LogP contribution in [0, 0.1) is 18.3 Å². The number of hydrogen-bond donors (Lipinski definition) is 1. The number of anilines is 2. The van der Waals surface area contributed by atoms with Gasteiger partial charge in [-0.1, -0.05) is 64.8 Å². The van der Waals surface area contributed by atoms with Gasteiger partial charge in [0, 0.05) is 21.4 Å². The van der Waals surface area contributed by atoms with E-state index in [0.29, 0.717) is 27.8 Å². The van der Waals surface area contributed by atoms with Gasteiger partial charge in [0.25, 0.3) is 5.91 Å². The molecule has 5 nitrogen and oxygen atoms in total. The summed E-state index contributed by atoms with van der Waals surface area (Å²) in [5.74, 6) is -0.804. The van der Waals surface area contributed by atoms with Gasteiger partial charge in [-0.2, -0.15) is 5.26 Å². The molecule has 1 N–H and O–H groups in total. The summed E-state index contributed by atoms with van der Waals surface area (Å²) in [6, 6.07) is 23.3. The molecule has 0 aliphatic carbocycles. The quantitative estimate of drug-likeness (QED) is 0.321. The molecule has 0 saturated carbocycles. The minimum absolute atomic E-state index is 0.137. The van der Waals surface area contributed by atoms with E-state index in [1.807, 2.05) is 37.3 Å². The summed E-state index contributed by atoms with van der Waals surface area (Å²) < 4.78 is 0. The van der Waals surface area contributed by atoms with Gasteiger partial charge in [0.05, 0.1) is 5.25 Å². The number of nitrogens with one attached hydrogen (secondary N) is 1. The van der Waals surface area contributed by atoms with Gasteiger partial charge in [-0.3, -0.25) is 14.5 Å². The molecule has 1 aliphatic rings. The summed E-state index contributed by atoms with van der Waals surface area (Å²) in [6.07, 6.45) is 0.399. The van der Waals surface area contributed by atoms with E-state index in [-0.39, 0.29) is 16.5 Å². The SMILES string of the molecule is Cc1ccc(NC(=O)/C(C#N)=C2\SC(Cc3cccc(Cl)c3)C(=O)N2c2ccc(Cl)cc2)cc1. The monoisotopic (exact) mass is 507 g/mol. The molecule has 3 aromatic rings. The second-order valence-electron chi connectivity index (χ2n) is 7.70. The van der Waals surface area contributed by atoms with E-state index < -0.39 is 11.2 Å². The second kappa shape index (κ2) is 10.4. The molecule has 4 rings (SSSR count). The molecule has 3 aromatic carbocycles. The van der Waals surface area contributed by atoms with Crippen LogP contribution in [0.5, 0.6) is 0 Å². The van der Waals surface area contributed by atoms with Gasteiger partial charge < -0.3 is 5.32 Å². The van der Waals surface area contributed by atoms with Gasteiger partial charge in [0.2, 0.25) is 5.91 Å². The number of aryl methyl sites for hydroxylation is 1. The van der Waals surface area contributed by atoms with Crippen molar-refractivity contribution in [1.82, 2.24) is 0 Å². The number of nitriles is 1. The molecular formula is C26H19Cl2N3O2S. The van der Waals surface area contributed by atoms with Crippen LogP contribution < -0.4 is 10.2 Å². The first-order valence-corrected chi connectivity index (χ1v) is 12.0. The van der Waals surface area contributed by atoms with Crippen LogP contribution in [0.4, 0.5) is 11.4 Å². The first-order chi connectivity index (χ1) is 16.4. The van der Waals surface area contributed by atoms with Gasteiger partial charge >= 0.3 is 0 Å². The first kappa shape index (κ1) is 23.9. The Kier molecular flexibility index (Phi) is 7.28.